The van der Waals surface area contributed by atoms with Crippen LogP contribution in [0.5, 0.6) is 11.5 Å². The van der Waals surface area contributed by atoms with Gasteiger partial charge in [0.05, 0.1) is 24.8 Å². The van der Waals surface area contributed by atoms with E-state index in [0.717, 1.165) is 50.6 Å². The molecule has 31 heavy (non-hydrogen) atoms. The Labute approximate surface area is 183 Å². The highest BCUT2D eigenvalue weighted by Gasteiger charge is 2.20. The zero-order valence-corrected chi connectivity index (χ0v) is 18.5. The molecule has 0 aliphatic rings. The van der Waals surface area contributed by atoms with Crippen LogP contribution in [-0.4, -0.2) is 30.4 Å². The molecule has 0 bridgehead atoms. The number of fused-ring (bicyclic) bond motifs is 1. The standard InChI is InChI=1S/C26H28N2O3/c1-18-21(26-27-22-12-8-9-13-23(22)28(26)14-15-29-3)16-24(30-4)19(2)25(18)31-17-20-10-6-5-7-11-20/h5-13,16H,14-15,17H2,1-4H3. The third-order valence-electron chi connectivity index (χ3n) is 5.59. The molecule has 1 heterocycles. The maximum atomic E-state index is 6.31. The fourth-order valence-corrected chi connectivity index (χ4v) is 3.94. The number of rotatable bonds is 8. The van der Waals surface area contributed by atoms with E-state index in [1.807, 2.05) is 43.3 Å². The number of nitrogens with zero attached hydrogens (tertiary/aromatic N) is 2. The van der Waals surface area contributed by atoms with Gasteiger partial charge in [-0.3, -0.25) is 0 Å². The minimum Gasteiger partial charge on any atom is -0.496 e. The van der Waals surface area contributed by atoms with Gasteiger partial charge in [0.15, 0.2) is 0 Å². The minimum absolute atomic E-state index is 0.495. The number of aromatic nitrogens is 2. The highest BCUT2D eigenvalue weighted by Crippen LogP contribution is 2.40. The van der Waals surface area contributed by atoms with Gasteiger partial charge >= 0.3 is 0 Å². The van der Waals surface area contributed by atoms with Crippen LogP contribution in [-0.2, 0) is 17.9 Å². The molecule has 0 aliphatic heterocycles. The molecule has 0 atom stereocenters. The highest BCUT2D eigenvalue weighted by molar-refractivity contribution is 5.82. The molecule has 0 unspecified atom stereocenters. The predicted octanol–water partition coefficient (Wildman–Crippen LogP) is 5.55. The molecule has 3 aromatic carbocycles. The first-order valence-electron chi connectivity index (χ1n) is 10.4. The van der Waals surface area contributed by atoms with E-state index in [-0.39, 0.29) is 0 Å². The Morgan fingerprint density at radius 1 is 0.903 bits per heavy atom. The number of para-hydroxylation sites is 2. The van der Waals surface area contributed by atoms with Gasteiger partial charge in [-0.25, -0.2) is 4.98 Å². The Morgan fingerprint density at radius 3 is 2.39 bits per heavy atom. The number of benzene rings is 3. The van der Waals surface area contributed by atoms with E-state index >= 15 is 0 Å². The molecule has 0 aliphatic carbocycles. The van der Waals surface area contributed by atoms with Gasteiger partial charge in [-0.15, -0.1) is 0 Å². The van der Waals surface area contributed by atoms with Crippen LogP contribution < -0.4 is 9.47 Å². The van der Waals surface area contributed by atoms with Gasteiger partial charge in [-0.05, 0) is 37.6 Å². The number of imidazole rings is 1. The molecular formula is C26H28N2O3. The van der Waals surface area contributed by atoms with Crippen LogP contribution in [0.25, 0.3) is 22.4 Å². The molecule has 0 fully saturated rings. The lowest BCUT2D eigenvalue weighted by molar-refractivity contribution is 0.188. The van der Waals surface area contributed by atoms with E-state index in [1.165, 1.54) is 0 Å². The van der Waals surface area contributed by atoms with Crippen LogP contribution in [0.3, 0.4) is 0 Å². The first-order chi connectivity index (χ1) is 15.1. The summed E-state index contributed by atoms with van der Waals surface area (Å²) in [6.07, 6.45) is 0. The van der Waals surface area contributed by atoms with Crippen LogP contribution in [0.2, 0.25) is 0 Å². The summed E-state index contributed by atoms with van der Waals surface area (Å²) in [6, 6.07) is 20.4. The minimum atomic E-state index is 0.495. The first-order valence-corrected chi connectivity index (χ1v) is 10.4. The quantitative estimate of drug-likeness (QED) is 0.378. The highest BCUT2D eigenvalue weighted by atomic mass is 16.5. The van der Waals surface area contributed by atoms with Crippen molar-refractivity contribution in [1.82, 2.24) is 9.55 Å². The van der Waals surface area contributed by atoms with Gasteiger partial charge in [0.1, 0.15) is 23.9 Å². The summed E-state index contributed by atoms with van der Waals surface area (Å²) in [6.45, 7) is 5.93. The van der Waals surface area contributed by atoms with E-state index in [2.05, 4.69) is 35.8 Å². The van der Waals surface area contributed by atoms with Gasteiger partial charge in [0.25, 0.3) is 0 Å². The average molecular weight is 417 g/mol. The lowest BCUT2D eigenvalue weighted by Crippen LogP contribution is -2.08. The summed E-state index contributed by atoms with van der Waals surface area (Å²) >= 11 is 0. The molecule has 0 saturated carbocycles. The van der Waals surface area contributed by atoms with Crippen LogP contribution in [0, 0.1) is 13.8 Å². The maximum absolute atomic E-state index is 6.31. The third kappa shape index (κ3) is 4.14. The topological polar surface area (TPSA) is 45.5 Å². The molecule has 0 radical (unpaired) electrons. The largest absolute Gasteiger partial charge is 0.496 e. The van der Waals surface area contributed by atoms with E-state index in [4.69, 9.17) is 19.2 Å². The van der Waals surface area contributed by atoms with Gasteiger partial charge in [0.2, 0.25) is 0 Å². The van der Waals surface area contributed by atoms with Crippen molar-refractivity contribution < 1.29 is 14.2 Å². The van der Waals surface area contributed by atoms with Crippen LogP contribution in [0.1, 0.15) is 16.7 Å². The Kier molecular flexibility index (Phi) is 6.23. The molecule has 4 aromatic rings. The van der Waals surface area contributed by atoms with E-state index in [0.29, 0.717) is 19.8 Å². The molecule has 0 spiro atoms. The van der Waals surface area contributed by atoms with Crippen molar-refractivity contribution in [2.75, 3.05) is 20.8 Å². The number of hydrogen-bond acceptors (Lipinski definition) is 4. The van der Waals surface area contributed by atoms with Crippen molar-refractivity contribution >= 4 is 11.0 Å². The second-order valence-corrected chi connectivity index (χ2v) is 7.55. The zero-order chi connectivity index (χ0) is 21.8. The Bertz CT molecular complexity index is 1180. The van der Waals surface area contributed by atoms with Crippen molar-refractivity contribution in [3.8, 4) is 22.9 Å². The number of hydrogen-bond donors (Lipinski definition) is 0. The molecule has 0 amide bonds. The Morgan fingerprint density at radius 2 is 1.65 bits per heavy atom. The van der Waals surface area contributed by atoms with Crippen molar-refractivity contribution in [3.63, 3.8) is 0 Å². The third-order valence-corrected chi connectivity index (χ3v) is 5.59. The van der Waals surface area contributed by atoms with E-state index < -0.39 is 0 Å². The van der Waals surface area contributed by atoms with Gasteiger partial charge in [-0.2, -0.15) is 0 Å². The zero-order valence-electron chi connectivity index (χ0n) is 18.5. The van der Waals surface area contributed by atoms with E-state index in [1.54, 1.807) is 14.2 Å². The monoisotopic (exact) mass is 416 g/mol. The van der Waals surface area contributed by atoms with Crippen molar-refractivity contribution in [1.29, 1.82) is 0 Å². The fourth-order valence-electron chi connectivity index (χ4n) is 3.94. The summed E-state index contributed by atoms with van der Waals surface area (Å²) in [5.74, 6) is 2.51. The molecule has 1 aromatic heterocycles. The van der Waals surface area contributed by atoms with Crippen LogP contribution in [0.4, 0.5) is 0 Å². The lowest BCUT2D eigenvalue weighted by Gasteiger charge is -2.19. The molecular weight excluding hydrogens is 388 g/mol. The predicted molar refractivity (Wildman–Crippen MR) is 124 cm³/mol. The SMILES string of the molecule is COCCn1c(-c2cc(OC)c(C)c(OCc3ccccc3)c2C)nc2ccccc21. The van der Waals surface area contributed by atoms with Gasteiger partial charge in [-0.1, -0.05) is 42.5 Å². The van der Waals surface area contributed by atoms with Crippen LogP contribution >= 0.6 is 0 Å². The lowest BCUT2D eigenvalue weighted by atomic mass is 10.0. The second kappa shape index (κ2) is 9.23. The maximum Gasteiger partial charge on any atom is 0.141 e. The van der Waals surface area contributed by atoms with Crippen LogP contribution in [0.15, 0.2) is 60.7 Å². The molecule has 0 saturated heterocycles. The smallest absolute Gasteiger partial charge is 0.141 e. The fraction of sp³-hybridized carbons (Fsp3) is 0.269. The number of ether oxygens (including phenoxy) is 3. The number of methoxy groups -OCH3 is 2. The van der Waals surface area contributed by atoms with Gasteiger partial charge < -0.3 is 18.8 Å². The van der Waals surface area contributed by atoms with Crippen molar-refractivity contribution in [3.05, 3.63) is 77.4 Å². The summed E-state index contributed by atoms with van der Waals surface area (Å²) in [4.78, 5) is 4.96. The Balaban J connectivity index is 1.83. The Hall–Kier alpha value is -3.31. The summed E-state index contributed by atoms with van der Waals surface area (Å²) in [5, 5.41) is 0. The summed E-state index contributed by atoms with van der Waals surface area (Å²) in [5.41, 5.74) is 6.19. The summed E-state index contributed by atoms with van der Waals surface area (Å²) < 4.78 is 19.6. The van der Waals surface area contributed by atoms with Crippen molar-refractivity contribution in [2.45, 2.75) is 27.0 Å². The molecule has 4 rings (SSSR count). The van der Waals surface area contributed by atoms with Gasteiger partial charge in [0, 0.05) is 30.3 Å². The average Bonchev–Trinajstić information content (AvgIpc) is 3.16. The molecule has 5 nitrogen and oxygen atoms in total. The molecule has 0 N–H and O–H groups in total. The normalized spacial score (nSPS) is 11.1. The summed E-state index contributed by atoms with van der Waals surface area (Å²) in [7, 11) is 3.41. The molecule has 160 valence electrons. The molecule has 5 heteroatoms. The first kappa shape index (κ1) is 20.9. The second-order valence-electron chi connectivity index (χ2n) is 7.55. The van der Waals surface area contributed by atoms with E-state index in [9.17, 15) is 0 Å². The van der Waals surface area contributed by atoms with Crippen molar-refractivity contribution in [2.24, 2.45) is 0 Å².